The number of ether oxygens (including phenoxy) is 1. The SMILES string of the molecule is Nc1ccc2cc(COc3ccc(F)cc3)sc2c1. The molecule has 0 aliphatic rings. The Labute approximate surface area is 114 Å². The lowest BCUT2D eigenvalue weighted by molar-refractivity contribution is 0.309. The lowest BCUT2D eigenvalue weighted by Gasteiger charge is -2.03. The van der Waals surface area contributed by atoms with E-state index in [4.69, 9.17) is 10.5 Å². The average molecular weight is 273 g/mol. The molecule has 0 aliphatic heterocycles. The molecule has 96 valence electrons. The van der Waals surface area contributed by atoms with Crippen molar-refractivity contribution in [2.24, 2.45) is 0 Å². The van der Waals surface area contributed by atoms with Gasteiger partial charge in [0.05, 0.1) is 0 Å². The fourth-order valence-corrected chi connectivity index (χ4v) is 2.89. The Hall–Kier alpha value is -2.07. The number of rotatable bonds is 3. The van der Waals surface area contributed by atoms with E-state index in [1.165, 1.54) is 12.1 Å². The third kappa shape index (κ3) is 2.69. The fourth-order valence-electron chi connectivity index (χ4n) is 1.86. The van der Waals surface area contributed by atoms with Crippen LogP contribution in [0.4, 0.5) is 10.1 Å². The van der Waals surface area contributed by atoms with Crippen molar-refractivity contribution in [3.63, 3.8) is 0 Å². The zero-order valence-corrected chi connectivity index (χ0v) is 10.9. The lowest BCUT2D eigenvalue weighted by Crippen LogP contribution is -1.92. The Balaban J connectivity index is 1.76. The second-order valence-electron chi connectivity index (χ2n) is 4.25. The second-order valence-corrected chi connectivity index (χ2v) is 5.42. The summed E-state index contributed by atoms with van der Waals surface area (Å²) in [6.07, 6.45) is 0. The first-order valence-corrected chi connectivity index (χ1v) is 6.69. The number of benzene rings is 2. The number of hydrogen-bond acceptors (Lipinski definition) is 3. The minimum atomic E-state index is -0.260. The van der Waals surface area contributed by atoms with E-state index in [2.05, 4.69) is 6.07 Å². The molecule has 2 nitrogen and oxygen atoms in total. The summed E-state index contributed by atoms with van der Waals surface area (Å²) in [5.74, 6) is 0.406. The van der Waals surface area contributed by atoms with Crippen molar-refractivity contribution in [1.29, 1.82) is 0 Å². The van der Waals surface area contributed by atoms with Crippen LogP contribution in [0.5, 0.6) is 5.75 Å². The summed E-state index contributed by atoms with van der Waals surface area (Å²) >= 11 is 1.65. The Kier molecular flexibility index (Phi) is 3.09. The number of anilines is 1. The van der Waals surface area contributed by atoms with Crippen molar-refractivity contribution in [3.8, 4) is 5.75 Å². The number of hydrogen-bond donors (Lipinski definition) is 1. The third-order valence-electron chi connectivity index (χ3n) is 2.79. The predicted molar refractivity (Wildman–Crippen MR) is 77.0 cm³/mol. The van der Waals surface area contributed by atoms with Gasteiger partial charge in [0, 0.05) is 15.3 Å². The average Bonchev–Trinajstić information content (AvgIpc) is 2.80. The summed E-state index contributed by atoms with van der Waals surface area (Å²) in [5.41, 5.74) is 6.52. The van der Waals surface area contributed by atoms with Crippen molar-refractivity contribution in [3.05, 3.63) is 59.2 Å². The highest BCUT2D eigenvalue weighted by atomic mass is 32.1. The quantitative estimate of drug-likeness (QED) is 0.726. The summed E-state index contributed by atoms with van der Waals surface area (Å²) in [4.78, 5) is 1.12. The molecule has 19 heavy (non-hydrogen) atoms. The van der Waals surface area contributed by atoms with Gasteiger partial charge in [0.15, 0.2) is 0 Å². The fraction of sp³-hybridized carbons (Fsp3) is 0.0667. The van der Waals surface area contributed by atoms with Gasteiger partial charge in [0.2, 0.25) is 0 Å². The van der Waals surface area contributed by atoms with Gasteiger partial charge in [-0.3, -0.25) is 0 Å². The molecular weight excluding hydrogens is 261 g/mol. The van der Waals surface area contributed by atoms with Gasteiger partial charge in [-0.1, -0.05) is 6.07 Å². The molecule has 3 aromatic rings. The molecule has 0 saturated heterocycles. The van der Waals surface area contributed by atoms with E-state index in [1.807, 2.05) is 18.2 Å². The maximum atomic E-state index is 12.8. The van der Waals surface area contributed by atoms with Gasteiger partial charge in [-0.05, 0) is 47.9 Å². The van der Waals surface area contributed by atoms with Gasteiger partial charge in [0.1, 0.15) is 18.2 Å². The minimum absolute atomic E-state index is 0.260. The van der Waals surface area contributed by atoms with E-state index in [1.54, 1.807) is 23.5 Å². The molecule has 2 N–H and O–H groups in total. The van der Waals surface area contributed by atoms with E-state index in [0.29, 0.717) is 12.4 Å². The number of nitrogens with two attached hydrogens (primary N) is 1. The summed E-state index contributed by atoms with van der Waals surface area (Å²) in [6.45, 7) is 0.477. The van der Waals surface area contributed by atoms with Crippen molar-refractivity contribution in [2.75, 3.05) is 5.73 Å². The molecule has 0 bridgehead atoms. The Morgan fingerprint density at radius 2 is 1.84 bits per heavy atom. The van der Waals surface area contributed by atoms with Crippen molar-refractivity contribution in [2.45, 2.75) is 6.61 Å². The van der Waals surface area contributed by atoms with Crippen LogP contribution in [0.15, 0.2) is 48.5 Å². The minimum Gasteiger partial charge on any atom is -0.488 e. The van der Waals surface area contributed by atoms with Crippen molar-refractivity contribution >= 4 is 27.1 Å². The normalized spacial score (nSPS) is 10.8. The number of thiophene rings is 1. The first kappa shape index (κ1) is 12.0. The molecule has 0 fully saturated rings. The molecule has 0 atom stereocenters. The van der Waals surface area contributed by atoms with Gasteiger partial charge in [0.25, 0.3) is 0 Å². The largest absolute Gasteiger partial charge is 0.488 e. The molecule has 0 saturated carbocycles. The number of nitrogen functional groups attached to an aromatic ring is 1. The molecule has 1 heterocycles. The van der Waals surface area contributed by atoms with Crippen LogP contribution in [0.2, 0.25) is 0 Å². The van der Waals surface area contributed by atoms with Crippen LogP contribution in [0, 0.1) is 5.82 Å². The zero-order chi connectivity index (χ0) is 13.2. The van der Waals surface area contributed by atoms with Crippen LogP contribution in [-0.2, 0) is 6.61 Å². The second kappa shape index (κ2) is 4.90. The molecule has 0 unspecified atom stereocenters. The first-order chi connectivity index (χ1) is 9.20. The van der Waals surface area contributed by atoms with Crippen LogP contribution in [0.3, 0.4) is 0 Å². The summed E-state index contributed by atoms with van der Waals surface area (Å²) in [5, 5.41) is 1.16. The van der Waals surface area contributed by atoms with Gasteiger partial charge >= 0.3 is 0 Å². The van der Waals surface area contributed by atoms with Crippen molar-refractivity contribution in [1.82, 2.24) is 0 Å². The van der Waals surface area contributed by atoms with Gasteiger partial charge < -0.3 is 10.5 Å². The number of fused-ring (bicyclic) bond motifs is 1. The van der Waals surface area contributed by atoms with Gasteiger partial charge in [-0.25, -0.2) is 4.39 Å². The van der Waals surface area contributed by atoms with Crippen LogP contribution in [0.1, 0.15) is 4.88 Å². The maximum absolute atomic E-state index is 12.8. The van der Waals surface area contributed by atoms with E-state index < -0.39 is 0 Å². The monoisotopic (exact) mass is 273 g/mol. The van der Waals surface area contributed by atoms with Gasteiger partial charge in [-0.2, -0.15) is 0 Å². The summed E-state index contributed by atoms with van der Waals surface area (Å²) in [7, 11) is 0. The molecular formula is C15H12FNOS. The Morgan fingerprint density at radius 1 is 1.05 bits per heavy atom. The van der Waals surface area contributed by atoms with E-state index in [0.717, 1.165) is 20.7 Å². The Bertz CT molecular complexity index is 706. The molecule has 0 aliphatic carbocycles. The first-order valence-electron chi connectivity index (χ1n) is 5.87. The molecule has 0 radical (unpaired) electrons. The maximum Gasteiger partial charge on any atom is 0.123 e. The van der Waals surface area contributed by atoms with Crippen LogP contribution in [0.25, 0.3) is 10.1 Å². The summed E-state index contributed by atoms with van der Waals surface area (Å²) in [6, 6.07) is 14.0. The van der Waals surface area contributed by atoms with E-state index >= 15 is 0 Å². The van der Waals surface area contributed by atoms with E-state index in [9.17, 15) is 4.39 Å². The van der Waals surface area contributed by atoms with Gasteiger partial charge in [-0.15, -0.1) is 11.3 Å². The van der Waals surface area contributed by atoms with Crippen LogP contribution < -0.4 is 10.5 Å². The molecule has 0 spiro atoms. The zero-order valence-electron chi connectivity index (χ0n) is 10.1. The Morgan fingerprint density at radius 3 is 2.63 bits per heavy atom. The van der Waals surface area contributed by atoms with Crippen LogP contribution in [-0.4, -0.2) is 0 Å². The molecule has 4 heteroatoms. The lowest BCUT2D eigenvalue weighted by atomic mass is 10.2. The van der Waals surface area contributed by atoms with E-state index in [-0.39, 0.29) is 5.82 Å². The standard InChI is InChI=1S/C15H12FNOS/c16-11-2-5-13(6-3-11)18-9-14-7-10-1-4-12(17)8-15(10)19-14/h1-8H,9,17H2. The topological polar surface area (TPSA) is 35.2 Å². The molecule has 3 rings (SSSR count). The number of halogens is 1. The molecule has 2 aromatic carbocycles. The summed E-state index contributed by atoms with van der Waals surface area (Å²) < 4.78 is 19.5. The highest BCUT2D eigenvalue weighted by Gasteiger charge is 2.03. The highest BCUT2D eigenvalue weighted by Crippen LogP contribution is 2.28. The van der Waals surface area contributed by atoms with Crippen LogP contribution >= 0.6 is 11.3 Å². The third-order valence-corrected chi connectivity index (χ3v) is 3.86. The van der Waals surface area contributed by atoms with Crippen molar-refractivity contribution < 1.29 is 9.13 Å². The predicted octanol–water partition coefficient (Wildman–Crippen LogP) is 4.20. The molecule has 0 amide bonds. The highest BCUT2D eigenvalue weighted by molar-refractivity contribution is 7.19. The smallest absolute Gasteiger partial charge is 0.123 e. The molecule has 1 aromatic heterocycles.